The van der Waals surface area contributed by atoms with Crippen molar-refractivity contribution in [2.24, 2.45) is 5.92 Å². The highest BCUT2D eigenvalue weighted by Gasteiger charge is 2.39. The van der Waals surface area contributed by atoms with Crippen molar-refractivity contribution in [2.45, 2.75) is 25.1 Å². The summed E-state index contributed by atoms with van der Waals surface area (Å²) in [5.74, 6) is 0.294. The van der Waals surface area contributed by atoms with E-state index in [1.54, 1.807) is 7.11 Å². The van der Waals surface area contributed by atoms with Gasteiger partial charge in [-0.15, -0.1) is 0 Å². The van der Waals surface area contributed by atoms with Crippen molar-refractivity contribution in [1.29, 1.82) is 0 Å². The highest BCUT2D eigenvalue weighted by Crippen LogP contribution is 2.35. The van der Waals surface area contributed by atoms with Crippen LogP contribution < -0.4 is 0 Å². The van der Waals surface area contributed by atoms with E-state index in [0.29, 0.717) is 21.0 Å². The lowest BCUT2D eigenvalue weighted by Crippen LogP contribution is -2.27. The van der Waals surface area contributed by atoms with E-state index in [-0.39, 0.29) is 18.2 Å². The number of rotatable bonds is 4. The minimum absolute atomic E-state index is 0.00372. The summed E-state index contributed by atoms with van der Waals surface area (Å²) < 4.78 is 16.0. The predicted molar refractivity (Wildman–Crippen MR) is 58.4 cm³/mol. The summed E-state index contributed by atoms with van der Waals surface area (Å²) in [6, 6.07) is -0.316. The molecule has 1 saturated heterocycles. The molecule has 1 rings (SSSR count). The molecule has 1 fully saturated rings. The molecule has 2 radical (unpaired) electrons. The Hall–Kier alpha value is 0.805. The van der Waals surface area contributed by atoms with Gasteiger partial charge in [0.2, 0.25) is 0 Å². The monoisotopic (exact) mass is 220 g/mol. The first-order chi connectivity index (χ1) is 6.20. The van der Waals surface area contributed by atoms with Crippen LogP contribution in [-0.2, 0) is 14.0 Å². The van der Waals surface area contributed by atoms with Crippen LogP contribution in [0.2, 0.25) is 0 Å². The van der Waals surface area contributed by atoms with Crippen molar-refractivity contribution in [2.75, 3.05) is 13.7 Å². The molecule has 3 nitrogen and oxygen atoms in total. The molecule has 1 aliphatic rings. The third-order valence-electron chi connectivity index (χ3n) is 2.30. The summed E-state index contributed by atoms with van der Waals surface area (Å²) in [6.45, 7) is 2.65. The molecule has 6 atom stereocenters. The zero-order chi connectivity index (χ0) is 9.84. The second kappa shape index (κ2) is 5.63. The smallest absolute Gasteiger partial charge is 0.112 e. The lowest BCUT2D eigenvalue weighted by Gasteiger charge is -2.18. The van der Waals surface area contributed by atoms with Crippen LogP contribution in [0.15, 0.2) is 0 Å². The largest absolute Gasteiger partial charge is 0.382 e. The fourth-order valence-corrected chi connectivity index (χ4v) is 2.50. The Kier molecular flexibility index (Phi) is 5.14. The van der Waals surface area contributed by atoms with E-state index in [2.05, 4.69) is 15.9 Å². The normalized spacial score (nSPS) is 40.5. The predicted octanol–water partition coefficient (Wildman–Crippen LogP) is 0.931. The molecule has 0 aromatic rings. The van der Waals surface area contributed by atoms with E-state index in [9.17, 15) is 0 Å². The molecule has 0 aromatic heterocycles. The van der Waals surface area contributed by atoms with Gasteiger partial charge in [-0.1, -0.05) is 15.9 Å². The maximum atomic E-state index is 5.77. The van der Waals surface area contributed by atoms with Gasteiger partial charge < -0.3 is 14.0 Å². The SMILES string of the molecule is [B][C@@H]1O[C@H](COC)[C@H](C)C1OPP. The second-order valence-corrected chi connectivity index (χ2v) is 4.33. The van der Waals surface area contributed by atoms with Crippen molar-refractivity contribution < 1.29 is 14.0 Å². The Bertz CT molecular complexity index is 161. The molecular formula is C7H15BO3P2. The first-order valence-electron chi connectivity index (χ1n) is 4.22. The Morgan fingerprint density at radius 3 is 2.85 bits per heavy atom. The van der Waals surface area contributed by atoms with Gasteiger partial charge in [-0.3, -0.25) is 0 Å². The van der Waals surface area contributed by atoms with Crippen LogP contribution in [0.4, 0.5) is 0 Å². The minimum Gasteiger partial charge on any atom is -0.382 e. The molecule has 0 aliphatic carbocycles. The number of ether oxygens (including phenoxy) is 2. The summed E-state index contributed by atoms with van der Waals surface area (Å²) in [5.41, 5.74) is 0. The standard InChI is InChI=1S/C7H15BO3P2/c1-4-5(3-9-2)10-7(8)6(4)11-13-12/h4-7,13H,3,12H2,1-2H3/t4-,5+,6?,7+/m0/s1. The maximum absolute atomic E-state index is 5.77. The van der Waals surface area contributed by atoms with E-state index < -0.39 is 0 Å². The molecule has 0 amide bonds. The van der Waals surface area contributed by atoms with Crippen LogP contribution in [0.3, 0.4) is 0 Å². The van der Waals surface area contributed by atoms with Gasteiger partial charge in [0.1, 0.15) is 7.85 Å². The van der Waals surface area contributed by atoms with E-state index in [1.807, 2.05) is 0 Å². The first kappa shape index (κ1) is 11.9. The molecule has 0 spiro atoms. The van der Waals surface area contributed by atoms with Gasteiger partial charge >= 0.3 is 0 Å². The Morgan fingerprint density at radius 1 is 1.62 bits per heavy atom. The maximum Gasteiger partial charge on any atom is 0.112 e. The van der Waals surface area contributed by atoms with E-state index >= 15 is 0 Å². The van der Waals surface area contributed by atoms with E-state index in [0.717, 1.165) is 0 Å². The van der Waals surface area contributed by atoms with E-state index in [4.69, 9.17) is 21.8 Å². The summed E-state index contributed by atoms with van der Waals surface area (Å²) in [4.78, 5) is 0. The van der Waals surface area contributed by atoms with Crippen LogP contribution in [0.25, 0.3) is 0 Å². The zero-order valence-electron chi connectivity index (χ0n) is 7.90. The molecule has 74 valence electrons. The highest BCUT2D eigenvalue weighted by molar-refractivity contribution is 8.00. The van der Waals surface area contributed by atoms with Crippen LogP contribution in [0, 0.1) is 5.92 Å². The number of hydrogen-bond donors (Lipinski definition) is 0. The molecule has 0 bridgehead atoms. The molecule has 13 heavy (non-hydrogen) atoms. The van der Waals surface area contributed by atoms with Crippen molar-refractivity contribution in [3.05, 3.63) is 0 Å². The van der Waals surface area contributed by atoms with Gasteiger partial charge in [0, 0.05) is 27.5 Å². The molecule has 6 heteroatoms. The number of hydrogen-bond acceptors (Lipinski definition) is 3. The fourth-order valence-electron chi connectivity index (χ4n) is 1.52. The molecule has 1 aliphatic heterocycles. The second-order valence-electron chi connectivity index (χ2n) is 3.15. The Morgan fingerprint density at radius 2 is 2.31 bits per heavy atom. The zero-order valence-corrected chi connectivity index (χ0v) is 10.1. The Balaban J connectivity index is 2.48. The third kappa shape index (κ3) is 2.87. The summed E-state index contributed by atoms with van der Waals surface area (Å²) in [7, 11) is 10.3. The van der Waals surface area contributed by atoms with Gasteiger partial charge in [0.05, 0.1) is 18.8 Å². The molecule has 0 aromatic carbocycles. The van der Waals surface area contributed by atoms with Gasteiger partial charge in [-0.2, -0.15) is 0 Å². The fraction of sp³-hybridized carbons (Fsp3) is 1.00. The van der Waals surface area contributed by atoms with Crippen molar-refractivity contribution >= 4 is 25.3 Å². The summed E-state index contributed by atoms with van der Waals surface area (Å²) in [5, 5.41) is 0. The van der Waals surface area contributed by atoms with Gasteiger partial charge in [-0.25, -0.2) is 0 Å². The molecule has 1 heterocycles. The van der Waals surface area contributed by atoms with Crippen molar-refractivity contribution in [3.63, 3.8) is 0 Å². The van der Waals surface area contributed by atoms with Crippen LogP contribution in [0.5, 0.6) is 0 Å². The first-order valence-corrected chi connectivity index (χ1v) is 6.93. The van der Waals surface area contributed by atoms with Crippen molar-refractivity contribution in [3.8, 4) is 0 Å². The quantitative estimate of drug-likeness (QED) is 0.521. The highest BCUT2D eigenvalue weighted by atomic mass is 32.0. The molecule has 0 saturated carbocycles. The van der Waals surface area contributed by atoms with Gasteiger partial charge in [0.25, 0.3) is 0 Å². The van der Waals surface area contributed by atoms with Crippen molar-refractivity contribution in [1.82, 2.24) is 0 Å². The van der Waals surface area contributed by atoms with E-state index in [1.165, 1.54) is 0 Å². The van der Waals surface area contributed by atoms with Gasteiger partial charge in [-0.05, 0) is 0 Å². The van der Waals surface area contributed by atoms with Crippen LogP contribution >= 0.6 is 17.4 Å². The lowest BCUT2D eigenvalue weighted by atomic mass is 9.89. The third-order valence-corrected chi connectivity index (χ3v) is 3.11. The average Bonchev–Trinajstić information content (AvgIpc) is 2.34. The van der Waals surface area contributed by atoms with Gasteiger partial charge in [0.15, 0.2) is 0 Å². The molecule has 0 N–H and O–H groups in total. The minimum atomic E-state index is -0.316. The van der Waals surface area contributed by atoms with Crippen LogP contribution in [0.1, 0.15) is 6.92 Å². The summed E-state index contributed by atoms with van der Waals surface area (Å²) in [6.07, 6.45) is 0.0577. The Labute approximate surface area is 84.6 Å². The topological polar surface area (TPSA) is 27.7 Å². The van der Waals surface area contributed by atoms with Crippen LogP contribution in [-0.4, -0.2) is 39.8 Å². The average molecular weight is 220 g/mol. The summed E-state index contributed by atoms with van der Waals surface area (Å²) >= 11 is 0. The number of methoxy groups -OCH3 is 1. The molecular weight excluding hydrogens is 205 g/mol. The molecule has 3 unspecified atom stereocenters. The lowest BCUT2D eigenvalue weighted by molar-refractivity contribution is 0.0107.